The highest BCUT2D eigenvalue weighted by Crippen LogP contribution is 2.36. The second kappa shape index (κ2) is 6.93. The normalized spacial score (nSPS) is 14.5. The predicted octanol–water partition coefficient (Wildman–Crippen LogP) is 5.43. The molecule has 0 N–H and O–H groups in total. The van der Waals surface area contributed by atoms with Crippen molar-refractivity contribution in [2.45, 2.75) is 16.6 Å². The van der Waals surface area contributed by atoms with Crippen molar-refractivity contribution in [3.8, 4) is 11.4 Å². The van der Waals surface area contributed by atoms with Crippen molar-refractivity contribution < 1.29 is 35.1 Å². The Bertz CT molecular complexity index is 1080. The molecule has 3 aromatic rings. The van der Waals surface area contributed by atoms with E-state index in [0.29, 0.717) is 0 Å². The van der Waals surface area contributed by atoms with Crippen molar-refractivity contribution in [1.82, 2.24) is 10.1 Å². The molecule has 0 fully saturated rings. The van der Waals surface area contributed by atoms with Crippen LogP contribution in [-0.2, 0) is 15.9 Å². The zero-order valence-electron chi connectivity index (χ0n) is 13.5. The lowest BCUT2D eigenvalue weighted by molar-refractivity contribution is -0.159. The average molecular weight is 421 g/mol. The van der Waals surface area contributed by atoms with Gasteiger partial charge >= 0.3 is 17.6 Å². The monoisotopic (exact) mass is 421 g/mol. The molecule has 0 amide bonds. The van der Waals surface area contributed by atoms with E-state index in [4.69, 9.17) is 0 Å². The Kier molecular flexibility index (Phi) is 4.91. The van der Waals surface area contributed by atoms with Gasteiger partial charge in [-0.25, -0.2) is 4.21 Å². The first-order valence-corrected chi connectivity index (χ1v) is 8.92. The predicted molar refractivity (Wildman–Crippen MR) is 85.7 cm³/mol. The van der Waals surface area contributed by atoms with Gasteiger partial charge in [0.2, 0.25) is 5.82 Å². The average Bonchev–Trinajstić information content (AvgIpc) is 3.12. The van der Waals surface area contributed by atoms with Crippen molar-refractivity contribution in [2.24, 2.45) is 4.36 Å². The summed E-state index contributed by atoms with van der Waals surface area (Å²) >= 11 is 0. The Hall–Kier alpha value is -2.89. The third-order valence-electron chi connectivity index (χ3n) is 3.40. The van der Waals surface area contributed by atoms with Crippen LogP contribution >= 0.6 is 0 Å². The summed E-state index contributed by atoms with van der Waals surface area (Å²) in [4.78, 5) is 2.66. The molecule has 148 valence electrons. The molecule has 12 heteroatoms. The molecular weight excluding hydrogens is 412 g/mol. The van der Waals surface area contributed by atoms with E-state index in [0.717, 1.165) is 36.4 Å². The molecule has 1 heterocycles. The number of hydrogen-bond donors (Lipinski definition) is 0. The number of aromatic nitrogens is 2. The van der Waals surface area contributed by atoms with Gasteiger partial charge < -0.3 is 4.52 Å². The first-order chi connectivity index (χ1) is 13.0. The Morgan fingerprint density at radius 2 is 1.50 bits per heavy atom. The van der Waals surface area contributed by atoms with E-state index in [-0.39, 0.29) is 11.3 Å². The smallest absolute Gasteiger partial charge is 0.329 e. The molecule has 3 rings (SSSR count). The molecule has 0 bridgehead atoms. The molecular formula is C16H9F6N3O2S. The second-order valence-corrected chi connectivity index (χ2v) is 7.51. The molecule has 28 heavy (non-hydrogen) atoms. The molecule has 5 nitrogen and oxygen atoms in total. The fourth-order valence-electron chi connectivity index (χ4n) is 2.12. The van der Waals surface area contributed by atoms with E-state index < -0.39 is 38.0 Å². The van der Waals surface area contributed by atoms with Gasteiger partial charge in [-0.3, -0.25) is 0 Å². The van der Waals surface area contributed by atoms with Gasteiger partial charge in [-0.2, -0.15) is 35.7 Å². The number of rotatable bonds is 3. The molecule has 1 unspecified atom stereocenters. The lowest BCUT2D eigenvalue weighted by Crippen LogP contribution is -2.22. The van der Waals surface area contributed by atoms with Gasteiger partial charge in [0.1, 0.15) is 0 Å². The summed E-state index contributed by atoms with van der Waals surface area (Å²) in [6.45, 7) is 0. The van der Waals surface area contributed by atoms with Gasteiger partial charge in [0.05, 0.1) is 10.6 Å². The summed E-state index contributed by atoms with van der Waals surface area (Å²) in [6.07, 6.45) is -4.82. The molecule has 1 aromatic heterocycles. The summed E-state index contributed by atoms with van der Waals surface area (Å²) < 4.78 is 97.8. The molecule has 0 aliphatic rings. The molecule has 0 aliphatic heterocycles. The highest BCUT2D eigenvalue weighted by molar-refractivity contribution is 7.94. The van der Waals surface area contributed by atoms with E-state index in [2.05, 4.69) is 19.0 Å². The number of nitrogens with zero attached hydrogens (tertiary/aromatic N) is 3. The third-order valence-corrected chi connectivity index (χ3v) is 5.41. The van der Waals surface area contributed by atoms with E-state index >= 15 is 0 Å². The first kappa shape index (κ1) is 19.9. The Morgan fingerprint density at radius 1 is 0.893 bits per heavy atom. The Labute approximate surface area is 154 Å². The van der Waals surface area contributed by atoms with Crippen LogP contribution in [-0.4, -0.2) is 19.9 Å². The minimum Gasteiger partial charge on any atom is -0.329 e. The zero-order valence-corrected chi connectivity index (χ0v) is 14.3. The maximum Gasteiger partial charge on any atom is 0.484 e. The van der Waals surface area contributed by atoms with Gasteiger partial charge in [-0.05, 0) is 36.4 Å². The van der Waals surface area contributed by atoms with Crippen LogP contribution in [0.2, 0.25) is 0 Å². The summed E-state index contributed by atoms with van der Waals surface area (Å²) in [5.74, 6) is -1.96. The standard InChI is InChI=1S/C16H9F6N3O2S/c17-15(18,19)14-23-13(24-27-14)10-6-8-11(9-7-10)25-28(26,16(20,21)22)12-4-2-1-3-5-12/h1-9H. The van der Waals surface area contributed by atoms with Crippen LogP contribution in [0.1, 0.15) is 5.89 Å². The third kappa shape index (κ3) is 3.86. The van der Waals surface area contributed by atoms with Crippen LogP contribution in [0.15, 0.2) is 68.4 Å². The number of alkyl halides is 6. The van der Waals surface area contributed by atoms with Gasteiger partial charge in [-0.1, -0.05) is 23.4 Å². The van der Waals surface area contributed by atoms with Crippen LogP contribution in [0.4, 0.5) is 32.0 Å². The van der Waals surface area contributed by atoms with Crippen LogP contribution in [0, 0.1) is 0 Å². The van der Waals surface area contributed by atoms with Crippen LogP contribution < -0.4 is 0 Å². The summed E-state index contributed by atoms with van der Waals surface area (Å²) in [5.41, 5.74) is -5.37. The van der Waals surface area contributed by atoms with E-state index in [1.54, 1.807) is 0 Å². The molecule has 0 aliphatic carbocycles. The first-order valence-electron chi connectivity index (χ1n) is 7.40. The second-order valence-electron chi connectivity index (χ2n) is 5.34. The van der Waals surface area contributed by atoms with Crippen LogP contribution in [0.5, 0.6) is 0 Å². The van der Waals surface area contributed by atoms with Crippen molar-refractivity contribution in [3.05, 3.63) is 60.5 Å². The van der Waals surface area contributed by atoms with E-state index in [1.807, 2.05) is 0 Å². The number of hydrogen-bond acceptors (Lipinski definition) is 5. The summed E-state index contributed by atoms with van der Waals surface area (Å²) in [5, 5.41) is 3.17. The van der Waals surface area contributed by atoms with Crippen molar-refractivity contribution >= 4 is 15.4 Å². The van der Waals surface area contributed by atoms with Crippen molar-refractivity contribution in [1.29, 1.82) is 0 Å². The molecule has 0 saturated heterocycles. The lowest BCUT2D eigenvalue weighted by Gasteiger charge is -2.13. The van der Waals surface area contributed by atoms with Crippen molar-refractivity contribution in [3.63, 3.8) is 0 Å². The Balaban J connectivity index is 2.00. The highest BCUT2D eigenvalue weighted by atomic mass is 32.2. The summed E-state index contributed by atoms with van der Waals surface area (Å²) in [7, 11) is -4.80. The fraction of sp³-hybridized carbons (Fsp3) is 0.125. The number of benzene rings is 2. The maximum atomic E-state index is 13.4. The largest absolute Gasteiger partial charge is 0.484 e. The zero-order chi connectivity index (χ0) is 20.6. The maximum absolute atomic E-state index is 13.4. The lowest BCUT2D eigenvalue weighted by atomic mass is 10.2. The minimum atomic E-state index is -5.14. The molecule has 0 spiro atoms. The highest BCUT2D eigenvalue weighted by Gasteiger charge is 2.44. The topological polar surface area (TPSA) is 68.3 Å². The quantitative estimate of drug-likeness (QED) is 0.529. The Morgan fingerprint density at radius 3 is 2.00 bits per heavy atom. The van der Waals surface area contributed by atoms with Gasteiger partial charge in [0.15, 0.2) is 9.73 Å². The van der Waals surface area contributed by atoms with E-state index in [1.165, 1.54) is 18.2 Å². The molecule has 2 aromatic carbocycles. The molecule has 0 radical (unpaired) electrons. The molecule has 1 atom stereocenters. The molecule has 0 saturated carbocycles. The van der Waals surface area contributed by atoms with Gasteiger partial charge in [-0.15, -0.1) is 0 Å². The number of halogens is 6. The van der Waals surface area contributed by atoms with Gasteiger partial charge in [0.25, 0.3) is 0 Å². The van der Waals surface area contributed by atoms with Crippen LogP contribution in [0.25, 0.3) is 11.4 Å². The summed E-state index contributed by atoms with van der Waals surface area (Å²) in [6, 6.07) is 10.6. The minimum absolute atomic E-state index is 0.0522. The van der Waals surface area contributed by atoms with Crippen LogP contribution in [0.3, 0.4) is 0 Å². The fourth-order valence-corrected chi connectivity index (χ4v) is 3.54. The van der Waals surface area contributed by atoms with Gasteiger partial charge in [0, 0.05) is 5.56 Å². The van der Waals surface area contributed by atoms with E-state index in [9.17, 15) is 30.6 Å². The van der Waals surface area contributed by atoms with Crippen molar-refractivity contribution in [2.75, 3.05) is 0 Å². The SMILES string of the molecule is O=S(=Nc1ccc(-c2noc(C(F)(F)F)n2)cc1)(c1ccccc1)C(F)(F)F.